The molecule has 0 saturated heterocycles. The second kappa shape index (κ2) is 6.64. The molecule has 0 saturated carbocycles. The highest BCUT2D eigenvalue weighted by Gasteiger charge is 2.17. The third-order valence-corrected chi connectivity index (χ3v) is 5.12. The second-order valence-electron chi connectivity index (χ2n) is 4.26. The predicted molar refractivity (Wildman–Crippen MR) is 92.4 cm³/mol. The number of anilines is 1. The van der Waals surface area contributed by atoms with E-state index in [4.69, 9.17) is 23.2 Å². The van der Waals surface area contributed by atoms with Crippen molar-refractivity contribution in [3.05, 3.63) is 50.4 Å². The van der Waals surface area contributed by atoms with Gasteiger partial charge >= 0.3 is 0 Å². The van der Waals surface area contributed by atoms with Crippen molar-refractivity contribution < 1.29 is 4.79 Å². The lowest BCUT2D eigenvalue weighted by Crippen LogP contribution is -2.11. The highest BCUT2D eigenvalue weighted by atomic mass is 35.5. The van der Waals surface area contributed by atoms with Gasteiger partial charge in [0.1, 0.15) is 21.8 Å². The zero-order chi connectivity index (χ0) is 16.4. The van der Waals surface area contributed by atoms with Crippen molar-refractivity contribution in [2.45, 2.75) is 0 Å². The first-order valence-electron chi connectivity index (χ1n) is 6.15. The SMILES string of the molecule is N#Cc1sc(NC(=O)c2ccc(Cl)nc2)nc1-c1cc(Cl)cs1. The Bertz CT molecular complexity index is 912. The first-order chi connectivity index (χ1) is 11.1. The van der Waals surface area contributed by atoms with Gasteiger partial charge in [-0.05, 0) is 18.2 Å². The van der Waals surface area contributed by atoms with Crippen LogP contribution in [0.1, 0.15) is 15.2 Å². The van der Waals surface area contributed by atoms with Gasteiger partial charge in [-0.15, -0.1) is 11.3 Å². The Labute approximate surface area is 149 Å². The normalized spacial score (nSPS) is 10.3. The molecule has 1 amide bonds. The van der Waals surface area contributed by atoms with Crippen molar-refractivity contribution in [1.29, 1.82) is 5.26 Å². The van der Waals surface area contributed by atoms with E-state index in [2.05, 4.69) is 21.4 Å². The Morgan fingerprint density at radius 1 is 1.35 bits per heavy atom. The number of thiophene rings is 1. The number of nitrogens with one attached hydrogen (secondary N) is 1. The predicted octanol–water partition coefficient (Wildman–Crippen LogP) is 4.70. The van der Waals surface area contributed by atoms with Crippen molar-refractivity contribution in [2.75, 3.05) is 5.32 Å². The van der Waals surface area contributed by atoms with Crippen molar-refractivity contribution in [1.82, 2.24) is 9.97 Å². The highest BCUT2D eigenvalue weighted by Crippen LogP contribution is 2.35. The summed E-state index contributed by atoms with van der Waals surface area (Å²) in [5.41, 5.74) is 0.864. The van der Waals surface area contributed by atoms with E-state index in [-0.39, 0.29) is 5.91 Å². The van der Waals surface area contributed by atoms with Crippen molar-refractivity contribution in [3.63, 3.8) is 0 Å². The van der Waals surface area contributed by atoms with Crippen LogP contribution >= 0.6 is 45.9 Å². The summed E-state index contributed by atoms with van der Waals surface area (Å²) < 4.78 is 0. The number of nitrogens with zero attached hydrogens (tertiary/aromatic N) is 3. The molecule has 3 aromatic heterocycles. The maximum Gasteiger partial charge on any atom is 0.259 e. The number of nitriles is 1. The van der Waals surface area contributed by atoms with Gasteiger partial charge in [0, 0.05) is 11.6 Å². The summed E-state index contributed by atoms with van der Waals surface area (Å²) >= 11 is 14.1. The third-order valence-electron chi connectivity index (χ3n) is 2.74. The van der Waals surface area contributed by atoms with Crippen LogP contribution in [0.4, 0.5) is 5.13 Å². The number of carbonyl (C=O) groups excluding carboxylic acids is 1. The van der Waals surface area contributed by atoms with Crippen LogP contribution in [0, 0.1) is 11.3 Å². The Balaban J connectivity index is 1.87. The minimum atomic E-state index is -0.372. The summed E-state index contributed by atoms with van der Waals surface area (Å²) in [7, 11) is 0. The van der Waals surface area contributed by atoms with Crippen molar-refractivity contribution in [2.24, 2.45) is 0 Å². The van der Waals surface area contributed by atoms with E-state index in [0.717, 1.165) is 16.2 Å². The minimum Gasteiger partial charge on any atom is -0.298 e. The number of hydrogen-bond donors (Lipinski definition) is 1. The van der Waals surface area contributed by atoms with Gasteiger partial charge in [-0.1, -0.05) is 34.5 Å². The lowest BCUT2D eigenvalue weighted by molar-refractivity contribution is 0.102. The quantitative estimate of drug-likeness (QED) is 0.667. The number of thiazole rings is 1. The lowest BCUT2D eigenvalue weighted by atomic mass is 10.3. The summed E-state index contributed by atoms with van der Waals surface area (Å²) in [5.74, 6) is -0.372. The maximum absolute atomic E-state index is 12.1. The molecule has 3 aromatic rings. The summed E-state index contributed by atoms with van der Waals surface area (Å²) in [6, 6.07) is 6.90. The number of carbonyl (C=O) groups is 1. The van der Waals surface area contributed by atoms with Crippen LogP contribution in [-0.4, -0.2) is 15.9 Å². The fourth-order valence-corrected chi connectivity index (χ4v) is 3.75. The van der Waals surface area contributed by atoms with Gasteiger partial charge < -0.3 is 0 Å². The number of rotatable bonds is 3. The zero-order valence-corrected chi connectivity index (χ0v) is 14.4. The van der Waals surface area contributed by atoms with E-state index < -0.39 is 0 Å². The molecule has 0 atom stereocenters. The van der Waals surface area contributed by atoms with Gasteiger partial charge in [0.2, 0.25) is 0 Å². The molecular weight excluding hydrogens is 375 g/mol. The summed E-state index contributed by atoms with van der Waals surface area (Å²) in [4.78, 5) is 21.5. The molecule has 114 valence electrons. The molecule has 0 aromatic carbocycles. The molecule has 0 spiro atoms. The standard InChI is InChI=1S/C14H6Cl2N4OS2/c15-8-3-9(22-6-8)12-10(4-17)23-14(19-12)20-13(21)7-1-2-11(16)18-5-7/h1-3,5-6H,(H,19,20,21). The fourth-order valence-electron chi connectivity index (χ4n) is 1.73. The zero-order valence-electron chi connectivity index (χ0n) is 11.2. The molecular formula is C14H6Cl2N4OS2. The maximum atomic E-state index is 12.1. The van der Waals surface area contributed by atoms with Crippen LogP contribution in [0.5, 0.6) is 0 Å². The number of hydrogen-bond acceptors (Lipinski definition) is 6. The molecule has 1 N–H and O–H groups in total. The monoisotopic (exact) mass is 380 g/mol. The van der Waals surface area contributed by atoms with Crippen LogP contribution in [-0.2, 0) is 0 Å². The molecule has 0 fully saturated rings. The molecule has 0 aliphatic carbocycles. The number of amides is 1. The first-order valence-corrected chi connectivity index (χ1v) is 8.60. The molecule has 3 heterocycles. The van der Waals surface area contributed by atoms with Gasteiger partial charge in [-0.2, -0.15) is 5.26 Å². The van der Waals surface area contributed by atoms with Gasteiger partial charge in [-0.3, -0.25) is 10.1 Å². The summed E-state index contributed by atoms with van der Waals surface area (Å²) in [6.45, 7) is 0. The Hall–Kier alpha value is -1.98. The molecule has 3 rings (SSSR count). The average Bonchev–Trinajstić information content (AvgIpc) is 3.13. The Kier molecular flexibility index (Phi) is 4.59. The number of pyridine rings is 1. The summed E-state index contributed by atoms with van der Waals surface area (Å²) in [6.07, 6.45) is 1.37. The largest absolute Gasteiger partial charge is 0.298 e. The highest BCUT2D eigenvalue weighted by molar-refractivity contribution is 7.18. The van der Waals surface area contributed by atoms with Gasteiger partial charge in [0.05, 0.1) is 15.5 Å². The second-order valence-corrected chi connectivity index (χ2v) is 7.00. The summed E-state index contributed by atoms with van der Waals surface area (Å²) in [5, 5.41) is 14.9. The molecule has 5 nitrogen and oxygen atoms in total. The molecule has 0 aliphatic rings. The van der Waals surface area contributed by atoms with E-state index >= 15 is 0 Å². The van der Waals surface area contributed by atoms with Crippen LogP contribution in [0.15, 0.2) is 29.8 Å². The van der Waals surface area contributed by atoms with Crippen LogP contribution < -0.4 is 5.32 Å². The van der Waals surface area contributed by atoms with E-state index in [1.165, 1.54) is 23.6 Å². The molecule has 0 unspecified atom stereocenters. The fraction of sp³-hybridized carbons (Fsp3) is 0. The number of halogens is 2. The van der Waals surface area contributed by atoms with E-state index in [1.807, 2.05) is 0 Å². The van der Waals surface area contributed by atoms with Crippen LogP contribution in [0.25, 0.3) is 10.6 Å². The Morgan fingerprint density at radius 3 is 2.78 bits per heavy atom. The van der Waals surface area contributed by atoms with Gasteiger partial charge in [0.15, 0.2) is 5.13 Å². The van der Waals surface area contributed by atoms with Crippen molar-refractivity contribution >= 4 is 56.9 Å². The molecule has 0 radical (unpaired) electrons. The lowest BCUT2D eigenvalue weighted by Gasteiger charge is -2.00. The molecule has 0 bridgehead atoms. The Morgan fingerprint density at radius 2 is 2.17 bits per heavy atom. The van der Waals surface area contributed by atoms with Gasteiger partial charge in [0.25, 0.3) is 5.91 Å². The van der Waals surface area contributed by atoms with E-state index in [1.54, 1.807) is 17.5 Å². The van der Waals surface area contributed by atoms with Crippen LogP contribution in [0.2, 0.25) is 10.2 Å². The number of aromatic nitrogens is 2. The van der Waals surface area contributed by atoms with Crippen LogP contribution in [0.3, 0.4) is 0 Å². The topological polar surface area (TPSA) is 78.7 Å². The smallest absolute Gasteiger partial charge is 0.259 e. The van der Waals surface area contributed by atoms with Crippen molar-refractivity contribution in [3.8, 4) is 16.6 Å². The van der Waals surface area contributed by atoms with Gasteiger partial charge in [-0.25, -0.2) is 9.97 Å². The van der Waals surface area contributed by atoms with E-state index in [0.29, 0.717) is 31.4 Å². The van der Waals surface area contributed by atoms with E-state index in [9.17, 15) is 10.1 Å². The minimum absolute atomic E-state index is 0.305. The first kappa shape index (κ1) is 15.9. The molecule has 23 heavy (non-hydrogen) atoms. The average molecular weight is 381 g/mol. The molecule has 9 heteroatoms. The molecule has 0 aliphatic heterocycles. The third kappa shape index (κ3) is 3.51.